The van der Waals surface area contributed by atoms with Gasteiger partial charge in [-0.3, -0.25) is 13.9 Å². The van der Waals surface area contributed by atoms with Gasteiger partial charge in [-0.1, -0.05) is 72.6 Å². The molecule has 11 heteroatoms. The van der Waals surface area contributed by atoms with Crippen LogP contribution in [0.3, 0.4) is 0 Å². The second-order valence-electron chi connectivity index (χ2n) is 10.4. The first kappa shape index (κ1) is 34.2. The van der Waals surface area contributed by atoms with E-state index in [1.807, 2.05) is 44.2 Å². The van der Waals surface area contributed by atoms with Crippen LogP contribution in [0.1, 0.15) is 44.2 Å². The number of methoxy groups -OCH3 is 1. The molecule has 0 unspecified atom stereocenters. The molecule has 0 spiro atoms. The van der Waals surface area contributed by atoms with Gasteiger partial charge in [0.25, 0.3) is 0 Å². The lowest BCUT2D eigenvalue weighted by Gasteiger charge is -2.33. The van der Waals surface area contributed by atoms with Crippen LogP contribution < -0.4 is 14.4 Å². The molecule has 8 nitrogen and oxygen atoms in total. The lowest BCUT2D eigenvalue weighted by molar-refractivity contribution is -0.141. The van der Waals surface area contributed by atoms with Crippen molar-refractivity contribution in [1.29, 1.82) is 0 Å². The maximum Gasteiger partial charge on any atom is 0.243 e. The largest absolute Gasteiger partial charge is 0.497 e. The van der Waals surface area contributed by atoms with Crippen molar-refractivity contribution in [3.63, 3.8) is 0 Å². The Bertz CT molecular complexity index is 1470. The molecule has 0 aliphatic heterocycles. The Labute approximate surface area is 265 Å². The minimum absolute atomic E-state index is 0.00837. The average molecular weight is 649 g/mol. The molecular formula is C32H39Cl2N3O5S. The Morgan fingerprint density at radius 2 is 1.63 bits per heavy atom. The summed E-state index contributed by atoms with van der Waals surface area (Å²) in [6, 6.07) is 20.3. The van der Waals surface area contributed by atoms with Crippen LogP contribution in [0.4, 0.5) is 5.69 Å². The fourth-order valence-corrected chi connectivity index (χ4v) is 6.09. The lowest BCUT2D eigenvalue weighted by atomic mass is 10.0. The van der Waals surface area contributed by atoms with Gasteiger partial charge in [0.15, 0.2) is 0 Å². The minimum atomic E-state index is -3.65. The summed E-state index contributed by atoms with van der Waals surface area (Å²) in [5.74, 6) is -0.0970. The van der Waals surface area contributed by atoms with Crippen LogP contribution in [0.2, 0.25) is 10.0 Å². The molecule has 0 heterocycles. The molecule has 1 N–H and O–H groups in total. The van der Waals surface area contributed by atoms with Crippen LogP contribution in [0, 0.1) is 0 Å². The van der Waals surface area contributed by atoms with Gasteiger partial charge >= 0.3 is 0 Å². The Morgan fingerprint density at radius 3 is 2.23 bits per heavy atom. The van der Waals surface area contributed by atoms with Gasteiger partial charge < -0.3 is 15.0 Å². The van der Waals surface area contributed by atoms with Crippen LogP contribution in [-0.4, -0.2) is 57.1 Å². The summed E-state index contributed by atoms with van der Waals surface area (Å²) in [6.45, 7) is 3.95. The van der Waals surface area contributed by atoms with Gasteiger partial charge in [-0.25, -0.2) is 8.42 Å². The first-order valence-electron chi connectivity index (χ1n) is 14.1. The first-order valence-corrected chi connectivity index (χ1v) is 16.7. The van der Waals surface area contributed by atoms with Crippen molar-refractivity contribution in [3.8, 4) is 5.75 Å². The highest BCUT2D eigenvalue weighted by molar-refractivity contribution is 7.92. The zero-order chi connectivity index (χ0) is 31.6. The molecule has 2 amide bonds. The van der Waals surface area contributed by atoms with E-state index in [0.29, 0.717) is 27.0 Å². The van der Waals surface area contributed by atoms with Crippen molar-refractivity contribution < 1.29 is 22.7 Å². The highest BCUT2D eigenvalue weighted by Gasteiger charge is 2.32. The fourth-order valence-electron chi connectivity index (χ4n) is 4.62. The Kier molecular flexibility index (Phi) is 12.7. The van der Waals surface area contributed by atoms with E-state index in [1.54, 1.807) is 42.5 Å². The normalized spacial score (nSPS) is 12.7. The topological polar surface area (TPSA) is 96.0 Å². The number of nitrogens with zero attached hydrogens (tertiary/aromatic N) is 2. The van der Waals surface area contributed by atoms with Gasteiger partial charge in [-0.2, -0.15) is 0 Å². The van der Waals surface area contributed by atoms with Crippen molar-refractivity contribution >= 4 is 50.7 Å². The van der Waals surface area contributed by atoms with E-state index in [1.165, 1.54) is 16.3 Å². The Balaban J connectivity index is 1.94. The van der Waals surface area contributed by atoms with E-state index in [2.05, 4.69) is 5.32 Å². The van der Waals surface area contributed by atoms with E-state index in [0.717, 1.165) is 18.2 Å². The SMILES string of the molecule is CC[C@H](C)NC(=O)[C@@H](Cc1ccccc1)N(Cc1c(Cl)cccc1Cl)C(=O)CCCN(c1cccc(OC)c1)S(C)(=O)=O. The second-order valence-corrected chi connectivity index (χ2v) is 13.1. The number of rotatable bonds is 15. The minimum Gasteiger partial charge on any atom is -0.497 e. The van der Waals surface area contributed by atoms with Crippen LogP contribution in [-0.2, 0) is 32.6 Å². The van der Waals surface area contributed by atoms with Crippen LogP contribution in [0.25, 0.3) is 0 Å². The summed E-state index contributed by atoms with van der Waals surface area (Å²) in [7, 11) is -2.15. The number of nitrogens with one attached hydrogen (secondary N) is 1. The molecule has 43 heavy (non-hydrogen) atoms. The number of anilines is 1. The molecule has 0 aromatic heterocycles. The van der Waals surface area contributed by atoms with Crippen molar-refractivity contribution in [2.75, 3.05) is 24.2 Å². The Hall–Kier alpha value is -3.27. The third kappa shape index (κ3) is 9.88. The molecule has 0 bridgehead atoms. The maximum absolute atomic E-state index is 14.0. The molecule has 0 fully saturated rings. The fraction of sp³-hybridized carbons (Fsp3) is 0.375. The molecule has 3 rings (SSSR count). The van der Waals surface area contributed by atoms with Crippen LogP contribution in [0.15, 0.2) is 72.8 Å². The predicted octanol–water partition coefficient (Wildman–Crippen LogP) is 6.10. The number of carbonyl (C=O) groups excluding carboxylic acids is 2. The number of halogens is 2. The van der Waals surface area contributed by atoms with E-state index in [9.17, 15) is 18.0 Å². The monoisotopic (exact) mass is 647 g/mol. The van der Waals surface area contributed by atoms with Crippen molar-refractivity contribution in [2.24, 2.45) is 0 Å². The molecule has 0 aliphatic carbocycles. The summed E-state index contributed by atoms with van der Waals surface area (Å²) in [6.07, 6.45) is 2.31. The molecule has 2 atom stereocenters. The van der Waals surface area contributed by atoms with Gasteiger partial charge in [0.2, 0.25) is 21.8 Å². The molecular weight excluding hydrogens is 609 g/mol. The number of amides is 2. The van der Waals surface area contributed by atoms with Gasteiger partial charge in [-0.05, 0) is 49.6 Å². The third-order valence-electron chi connectivity index (χ3n) is 7.16. The summed E-state index contributed by atoms with van der Waals surface area (Å²) < 4.78 is 31.9. The second kappa shape index (κ2) is 16.0. The molecule has 0 saturated heterocycles. The van der Waals surface area contributed by atoms with Gasteiger partial charge in [-0.15, -0.1) is 0 Å². The molecule has 3 aromatic rings. The van der Waals surface area contributed by atoms with E-state index in [4.69, 9.17) is 27.9 Å². The first-order chi connectivity index (χ1) is 20.4. The van der Waals surface area contributed by atoms with Crippen molar-refractivity contribution in [1.82, 2.24) is 10.2 Å². The van der Waals surface area contributed by atoms with Gasteiger partial charge in [0.05, 0.1) is 19.1 Å². The highest BCUT2D eigenvalue weighted by Crippen LogP contribution is 2.28. The number of sulfonamides is 1. The molecule has 232 valence electrons. The van der Waals surface area contributed by atoms with Crippen molar-refractivity contribution in [2.45, 2.75) is 58.2 Å². The standard InChI is InChI=1S/C32H39Cl2N3O5S/c1-5-23(2)35-32(39)30(20-24-12-7-6-8-13-24)36(22-27-28(33)16-10-17-29(27)34)31(38)18-11-19-37(43(4,40)41)25-14-9-15-26(21-25)42-3/h6-10,12-17,21,23,30H,5,11,18-20,22H2,1-4H3,(H,35,39)/t23-,30+/m0/s1. The van der Waals surface area contributed by atoms with Crippen molar-refractivity contribution in [3.05, 3.63) is 94.0 Å². The summed E-state index contributed by atoms with van der Waals surface area (Å²) in [5, 5.41) is 3.79. The lowest BCUT2D eigenvalue weighted by Crippen LogP contribution is -2.52. The number of hydrogen-bond acceptors (Lipinski definition) is 5. The van der Waals surface area contributed by atoms with E-state index >= 15 is 0 Å². The zero-order valence-corrected chi connectivity index (χ0v) is 27.3. The summed E-state index contributed by atoms with van der Waals surface area (Å²) >= 11 is 13.0. The summed E-state index contributed by atoms with van der Waals surface area (Å²) in [4.78, 5) is 29.2. The number of carbonyl (C=O) groups is 2. The summed E-state index contributed by atoms with van der Waals surface area (Å²) in [5.41, 5.74) is 1.85. The third-order valence-corrected chi connectivity index (χ3v) is 9.06. The predicted molar refractivity (Wildman–Crippen MR) is 173 cm³/mol. The number of ether oxygens (including phenoxy) is 1. The molecule has 0 radical (unpaired) electrons. The maximum atomic E-state index is 14.0. The highest BCUT2D eigenvalue weighted by atomic mass is 35.5. The average Bonchev–Trinajstić information content (AvgIpc) is 2.98. The Morgan fingerprint density at radius 1 is 0.977 bits per heavy atom. The molecule has 0 aliphatic rings. The van der Waals surface area contributed by atoms with Crippen LogP contribution in [0.5, 0.6) is 5.75 Å². The number of benzene rings is 3. The van der Waals surface area contributed by atoms with Gasteiger partial charge in [0.1, 0.15) is 11.8 Å². The van der Waals surface area contributed by atoms with Gasteiger partial charge in [0, 0.05) is 53.6 Å². The molecule has 0 saturated carbocycles. The smallest absolute Gasteiger partial charge is 0.243 e. The zero-order valence-electron chi connectivity index (χ0n) is 24.9. The van der Waals surface area contributed by atoms with E-state index < -0.39 is 16.1 Å². The quantitative estimate of drug-likeness (QED) is 0.215. The van der Waals surface area contributed by atoms with Crippen LogP contribution >= 0.6 is 23.2 Å². The molecule has 3 aromatic carbocycles. The number of hydrogen-bond donors (Lipinski definition) is 1. The van der Waals surface area contributed by atoms with E-state index in [-0.39, 0.29) is 50.2 Å².